The maximum absolute atomic E-state index is 12.2. The lowest BCUT2D eigenvalue weighted by Gasteiger charge is -2.22. The lowest BCUT2D eigenvalue weighted by atomic mass is 10.0. The molecule has 0 heterocycles. The van der Waals surface area contributed by atoms with Crippen molar-refractivity contribution in [1.82, 2.24) is 0 Å². The Kier molecular flexibility index (Phi) is 4.15. The van der Waals surface area contributed by atoms with Gasteiger partial charge < -0.3 is 15.3 Å². The topological polar surface area (TPSA) is 52.6 Å². The molecule has 2 atom stereocenters. The third-order valence-electron chi connectivity index (χ3n) is 4.87. The van der Waals surface area contributed by atoms with Crippen LogP contribution in [0.1, 0.15) is 26.2 Å². The number of carbonyl (C=O) groups excluding carboxylic acids is 1. The van der Waals surface area contributed by atoms with Gasteiger partial charge in [-0.2, -0.15) is 0 Å². The number of amides is 1. The predicted molar refractivity (Wildman–Crippen MR) is 84.4 cm³/mol. The second-order valence-electron chi connectivity index (χ2n) is 6.26. The van der Waals surface area contributed by atoms with E-state index < -0.39 is 0 Å². The van der Waals surface area contributed by atoms with Gasteiger partial charge in [0.15, 0.2) is 0 Å². The first-order chi connectivity index (χ1) is 10.2. The Bertz CT molecular complexity index is 490. The molecule has 0 saturated heterocycles. The van der Waals surface area contributed by atoms with Crippen molar-refractivity contribution in [2.45, 2.75) is 26.2 Å². The summed E-state index contributed by atoms with van der Waals surface area (Å²) in [6, 6.07) is 7.90. The van der Waals surface area contributed by atoms with Crippen molar-refractivity contribution in [3.63, 3.8) is 0 Å². The Labute approximate surface area is 126 Å². The van der Waals surface area contributed by atoms with E-state index in [9.17, 15) is 4.79 Å². The maximum atomic E-state index is 12.2. The molecule has 4 nitrogen and oxygen atoms in total. The molecule has 0 spiro atoms. The number of aliphatic hydroxyl groups excluding tert-OH is 1. The van der Waals surface area contributed by atoms with Gasteiger partial charge in [-0.05, 0) is 62.3 Å². The van der Waals surface area contributed by atoms with Gasteiger partial charge in [-0.1, -0.05) is 0 Å². The Morgan fingerprint density at radius 2 is 1.90 bits per heavy atom. The molecule has 2 aliphatic carbocycles. The monoisotopic (exact) mass is 288 g/mol. The summed E-state index contributed by atoms with van der Waals surface area (Å²) in [6.07, 6.45) is 3.50. The van der Waals surface area contributed by atoms with E-state index in [2.05, 4.69) is 17.1 Å². The largest absolute Gasteiger partial charge is 0.395 e. The van der Waals surface area contributed by atoms with Crippen LogP contribution in [0.4, 0.5) is 11.4 Å². The highest BCUT2D eigenvalue weighted by Gasteiger charge is 2.47. The molecule has 2 saturated carbocycles. The normalized spacial score (nSPS) is 26.3. The molecule has 114 valence electrons. The Balaban J connectivity index is 1.57. The van der Waals surface area contributed by atoms with Crippen LogP contribution in [0.3, 0.4) is 0 Å². The lowest BCUT2D eigenvalue weighted by molar-refractivity contribution is -0.120. The number of rotatable bonds is 6. The molecule has 4 heteroatoms. The molecular formula is C17H24N2O2. The van der Waals surface area contributed by atoms with E-state index in [1.807, 2.05) is 24.3 Å². The smallest absolute Gasteiger partial charge is 0.227 e. The lowest BCUT2D eigenvalue weighted by Crippen LogP contribution is -2.26. The van der Waals surface area contributed by atoms with E-state index in [0.29, 0.717) is 6.54 Å². The number of likely N-dealkylation sites (N-methyl/N-ethyl adjacent to an activating group) is 1. The van der Waals surface area contributed by atoms with Crippen molar-refractivity contribution in [3.8, 4) is 0 Å². The standard InChI is InChI=1S/C17H24N2O2/c1-2-19(7-8-20)16-5-3-15(4-6-16)18-17(21)14-10-12-9-13(12)11-14/h3-6,12-14,20H,2,7-11H2,1H3,(H,18,21). The molecular weight excluding hydrogens is 264 g/mol. The first-order valence-electron chi connectivity index (χ1n) is 7.98. The number of hydrogen-bond acceptors (Lipinski definition) is 3. The van der Waals surface area contributed by atoms with Crippen molar-refractivity contribution >= 4 is 17.3 Å². The van der Waals surface area contributed by atoms with Crippen molar-refractivity contribution in [2.75, 3.05) is 29.9 Å². The average molecular weight is 288 g/mol. The molecule has 0 aromatic heterocycles. The quantitative estimate of drug-likeness (QED) is 0.845. The van der Waals surface area contributed by atoms with Crippen molar-refractivity contribution in [2.24, 2.45) is 17.8 Å². The summed E-state index contributed by atoms with van der Waals surface area (Å²) in [5.41, 5.74) is 1.94. The summed E-state index contributed by atoms with van der Waals surface area (Å²) >= 11 is 0. The number of anilines is 2. The molecule has 0 bridgehead atoms. The predicted octanol–water partition coefficient (Wildman–Crippen LogP) is 2.49. The van der Waals surface area contributed by atoms with E-state index >= 15 is 0 Å². The zero-order valence-corrected chi connectivity index (χ0v) is 12.6. The molecule has 3 rings (SSSR count). The fraction of sp³-hybridized carbons (Fsp3) is 0.588. The number of aliphatic hydroxyl groups is 1. The number of fused-ring (bicyclic) bond motifs is 1. The summed E-state index contributed by atoms with van der Waals surface area (Å²) in [5, 5.41) is 12.1. The van der Waals surface area contributed by atoms with Gasteiger partial charge in [0.25, 0.3) is 0 Å². The molecule has 1 aromatic rings. The van der Waals surface area contributed by atoms with Crippen LogP contribution < -0.4 is 10.2 Å². The minimum atomic E-state index is 0.149. The van der Waals surface area contributed by atoms with Crippen LogP contribution in [0.5, 0.6) is 0 Å². The number of carbonyl (C=O) groups is 1. The van der Waals surface area contributed by atoms with Gasteiger partial charge in [0.2, 0.25) is 5.91 Å². The van der Waals surface area contributed by atoms with E-state index in [4.69, 9.17) is 5.11 Å². The molecule has 1 amide bonds. The fourth-order valence-electron chi connectivity index (χ4n) is 3.52. The van der Waals surface area contributed by atoms with E-state index in [1.165, 1.54) is 6.42 Å². The van der Waals surface area contributed by atoms with E-state index in [0.717, 1.165) is 42.6 Å². The van der Waals surface area contributed by atoms with Gasteiger partial charge in [0, 0.05) is 30.4 Å². The van der Waals surface area contributed by atoms with Crippen LogP contribution in [0, 0.1) is 17.8 Å². The zero-order chi connectivity index (χ0) is 14.8. The summed E-state index contributed by atoms with van der Waals surface area (Å²) in [7, 11) is 0. The van der Waals surface area contributed by atoms with Gasteiger partial charge in [0.05, 0.1) is 6.61 Å². The highest BCUT2D eigenvalue weighted by atomic mass is 16.3. The molecule has 0 radical (unpaired) electrons. The van der Waals surface area contributed by atoms with Crippen LogP contribution >= 0.6 is 0 Å². The van der Waals surface area contributed by atoms with Crippen LogP contribution in [0.25, 0.3) is 0 Å². The maximum Gasteiger partial charge on any atom is 0.227 e. The molecule has 0 aliphatic heterocycles. The van der Waals surface area contributed by atoms with Gasteiger partial charge in [-0.15, -0.1) is 0 Å². The molecule has 2 aliphatic rings. The molecule has 21 heavy (non-hydrogen) atoms. The summed E-state index contributed by atoms with van der Waals surface area (Å²) in [6.45, 7) is 3.71. The third kappa shape index (κ3) is 3.21. The van der Waals surface area contributed by atoms with Crippen molar-refractivity contribution in [3.05, 3.63) is 24.3 Å². The van der Waals surface area contributed by atoms with Crippen LogP contribution in [0.2, 0.25) is 0 Å². The van der Waals surface area contributed by atoms with E-state index in [-0.39, 0.29) is 18.4 Å². The molecule has 1 aromatic carbocycles. The van der Waals surface area contributed by atoms with Gasteiger partial charge >= 0.3 is 0 Å². The summed E-state index contributed by atoms with van der Waals surface area (Å²) in [5.74, 6) is 2.06. The summed E-state index contributed by atoms with van der Waals surface area (Å²) in [4.78, 5) is 14.3. The van der Waals surface area contributed by atoms with Crippen LogP contribution in [0.15, 0.2) is 24.3 Å². The average Bonchev–Trinajstić information content (AvgIpc) is 3.11. The van der Waals surface area contributed by atoms with Crippen LogP contribution in [-0.4, -0.2) is 30.7 Å². The third-order valence-corrected chi connectivity index (χ3v) is 4.87. The summed E-state index contributed by atoms with van der Waals surface area (Å²) < 4.78 is 0. The Morgan fingerprint density at radius 1 is 1.24 bits per heavy atom. The SMILES string of the molecule is CCN(CCO)c1ccc(NC(=O)C2CC3CC3C2)cc1. The van der Waals surface area contributed by atoms with Crippen LogP contribution in [-0.2, 0) is 4.79 Å². The number of hydrogen-bond donors (Lipinski definition) is 2. The second kappa shape index (κ2) is 6.06. The minimum Gasteiger partial charge on any atom is -0.395 e. The van der Waals surface area contributed by atoms with Gasteiger partial charge in [0.1, 0.15) is 0 Å². The highest BCUT2D eigenvalue weighted by molar-refractivity contribution is 5.93. The number of benzene rings is 1. The van der Waals surface area contributed by atoms with Gasteiger partial charge in [-0.25, -0.2) is 0 Å². The molecule has 2 unspecified atom stereocenters. The highest BCUT2D eigenvalue weighted by Crippen LogP contribution is 2.54. The van der Waals surface area contributed by atoms with E-state index in [1.54, 1.807) is 0 Å². The van der Waals surface area contributed by atoms with Crippen molar-refractivity contribution < 1.29 is 9.90 Å². The number of nitrogens with zero attached hydrogens (tertiary/aromatic N) is 1. The fourth-order valence-corrected chi connectivity index (χ4v) is 3.52. The molecule has 2 N–H and O–H groups in total. The minimum absolute atomic E-state index is 0.149. The first-order valence-corrected chi connectivity index (χ1v) is 7.98. The molecule has 2 fully saturated rings. The number of nitrogens with one attached hydrogen (secondary N) is 1. The van der Waals surface area contributed by atoms with Gasteiger partial charge in [-0.3, -0.25) is 4.79 Å². The Hall–Kier alpha value is -1.55. The van der Waals surface area contributed by atoms with Crippen molar-refractivity contribution in [1.29, 1.82) is 0 Å². The zero-order valence-electron chi connectivity index (χ0n) is 12.6. The second-order valence-corrected chi connectivity index (χ2v) is 6.26. The Morgan fingerprint density at radius 3 is 2.48 bits per heavy atom. The first kappa shape index (κ1) is 14.4.